The second-order valence-electron chi connectivity index (χ2n) is 6.15. The van der Waals surface area contributed by atoms with E-state index in [2.05, 4.69) is 32.0 Å². The van der Waals surface area contributed by atoms with Gasteiger partial charge in [0.05, 0.1) is 0 Å². The number of ketones is 1. The molecular formula is C15H18O2. The van der Waals surface area contributed by atoms with E-state index in [4.69, 9.17) is 4.74 Å². The monoisotopic (exact) mass is 230 g/mol. The third-order valence-corrected chi connectivity index (χ3v) is 4.26. The molecule has 0 spiro atoms. The molecule has 90 valence electrons. The molecule has 1 heterocycles. The molecule has 1 fully saturated rings. The van der Waals surface area contributed by atoms with Gasteiger partial charge in [-0.2, -0.15) is 0 Å². The number of carbonyl (C=O) groups is 1. The van der Waals surface area contributed by atoms with Crippen molar-refractivity contribution >= 4 is 5.78 Å². The maximum Gasteiger partial charge on any atom is 0.179 e. The minimum atomic E-state index is -0.693. The summed E-state index contributed by atoms with van der Waals surface area (Å²) in [5.41, 5.74) is 1.69. The Bertz CT molecular complexity index is 516. The molecule has 17 heavy (non-hydrogen) atoms. The summed E-state index contributed by atoms with van der Waals surface area (Å²) >= 11 is 0. The average Bonchev–Trinajstić information content (AvgIpc) is 2.89. The molecule has 1 aliphatic carbocycles. The Balaban J connectivity index is 2.19. The molecule has 0 N–H and O–H groups in total. The number of ether oxygens (including phenoxy) is 1. The largest absolute Gasteiger partial charge is 0.480 e. The van der Waals surface area contributed by atoms with Gasteiger partial charge in [0.15, 0.2) is 11.4 Å². The number of fused-ring (bicyclic) bond motifs is 3. The SMILES string of the molecule is Cc1ccc2c(c1)OC(C)(C)C(=O)C1CC21C. The van der Waals surface area contributed by atoms with Gasteiger partial charge in [-0.05, 0) is 38.8 Å². The van der Waals surface area contributed by atoms with Crippen LogP contribution in [0.1, 0.15) is 38.3 Å². The molecule has 0 radical (unpaired) electrons. The lowest BCUT2D eigenvalue weighted by atomic mass is 9.91. The maximum absolute atomic E-state index is 12.3. The van der Waals surface area contributed by atoms with Crippen LogP contribution in [-0.4, -0.2) is 11.4 Å². The van der Waals surface area contributed by atoms with Crippen molar-refractivity contribution in [3.63, 3.8) is 0 Å². The zero-order chi connectivity index (χ0) is 12.4. The molecule has 1 aromatic rings. The third-order valence-electron chi connectivity index (χ3n) is 4.26. The van der Waals surface area contributed by atoms with E-state index >= 15 is 0 Å². The number of Topliss-reactive ketones (excluding diaryl/α,β-unsaturated/α-hetero) is 1. The molecular weight excluding hydrogens is 212 g/mol. The summed E-state index contributed by atoms with van der Waals surface area (Å²) in [6.07, 6.45) is 0.967. The normalized spacial score (nSPS) is 33.2. The van der Waals surface area contributed by atoms with Crippen LogP contribution < -0.4 is 4.74 Å². The summed E-state index contributed by atoms with van der Waals surface area (Å²) in [5.74, 6) is 1.28. The van der Waals surface area contributed by atoms with Crippen LogP contribution in [0.5, 0.6) is 5.75 Å². The summed E-state index contributed by atoms with van der Waals surface area (Å²) in [6, 6.07) is 6.28. The summed E-state index contributed by atoms with van der Waals surface area (Å²) in [5, 5.41) is 0. The lowest BCUT2D eigenvalue weighted by molar-refractivity contribution is -0.133. The fourth-order valence-corrected chi connectivity index (χ4v) is 2.98. The van der Waals surface area contributed by atoms with Crippen molar-refractivity contribution < 1.29 is 9.53 Å². The topological polar surface area (TPSA) is 26.3 Å². The lowest BCUT2D eigenvalue weighted by Crippen LogP contribution is -2.39. The zero-order valence-electron chi connectivity index (χ0n) is 10.8. The average molecular weight is 230 g/mol. The quantitative estimate of drug-likeness (QED) is 0.685. The number of rotatable bonds is 0. The van der Waals surface area contributed by atoms with Crippen LogP contribution in [0.15, 0.2) is 18.2 Å². The molecule has 2 unspecified atom stereocenters. The number of carbonyl (C=O) groups excluding carboxylic acids is 1. The van der Waals surface area contributed by atoms with E-state index in [0.29, 0.717) is 0 Å². The molecule has 0 aromatic heterocycles. The molecule has 1 aliphatic heterocycles. The van der Waals surface area contributed by atoms with Crippen molar-refractivity contribution in [2.75, 3.05) is 0 Å². The van der Waals surface area contributed by atoms with Crippen LogP contribution in [0, 0.1) is 12.8 Å². The second-order valence-corrected chi connectivity index (χ2v) is 6.15. The van der Waals surface area contributed by atoms with Gasteiger partial charge in [0.1, 0.15) is 5.75 Å². The first-order chi connectivity index (χ1) is 7.84. The molecule has 2 aliphatic rings. The van der Waals surface area contributed by atoms with Crippen molar-refractivity contribution in [1.29, 1.82) is 0 Å². The standard InChI is InChI=1S/C15H18O2/c1-9-5-6-10-12(7-9)17-14(2,3)13(16)11-8-15(10,11)4/h5-7,11H,8H2,1-4H3. The third kappa shape index (κ3) is 1.36. The van der Waals surface area contributed by atoms with Gasteiger partial charge in [-0.1, -0.05) is 19.1 Å². The second kappa shape index (κ2) is 2.92. The van der Waals surface area contributed by atoms with E-state index in [1.54, 1.807) is 0 Å². The van der Waals surface area contributed by atoms with Crippen LogP contribution in [0.25, 0.3) is 0 Å². The predicted molar refractivity (Wildman–Crippen MR) is 66.4 cm³/mol. The van der Waals surface area contributed by atoms with Gasteiger partial charge >= 0.3 is 0 Å². The summed E-state index contributed by atoms with van der Waals surface area (Å²) in [4.78, 5) is 12.3. The summed E-state index contributed by atoms with van der Waals surface area (Å²) in [7, 11) is 0. The molecule has 0 bridgehead atoms. The smallest absolute Gasteiger partial charge is 0.179 e. The first-order valence-electron chi connectivity index (χ1n) is 6.19. The van der Waals surface area contributed by atoms with Gasteiger partial charge in [-0.25, -0.2) is 0 Å². The molecule has 3 rings (SSSR count). The van der Waals surface area contributed by atoms with Crippen molar-refractivity contribution in [3.8, 4) is 5.75 Å². The van der Waals surface area contributed by atoms with Crippen molar-refractivity contribution in [2.45, 2.75) is 45.1 Å². The first-order valence-corrected chi connectivity index (χ1v) is 6.19. The summed E-state index contributed by atoms with van der Waals surface area (Å²) < 4.78 is 5.95. The molecule has 1 aromatic carbocycles. The van der Waals surface area contributed by atoms with Crippen LogP contribution in [0.4, 0.5) is 0 Å². The molecule has 2 heteroatoms. The predicted octanol–water partition coefficient (Wildman–Crippen LogP) is 3.01. The Hall–Kier alpha value is -1.31. The highest BCUT2D eigenvalue weighted by Crippen LogP contribution is 2.60. The van der Waals surface area contributed by atoms with E-state index in [-0.39, 0.29) is 17.1 Å². The highest BCUT2D eigenvalue weighted by Gasteiger charge is 2.61. The number of aryl methyl sites for hydroxylation is 1. The van der Waals surface area contributed by atoms with Crippen LogP contribution in [0.3, 0.4) is 0 Å². The van der Waals surface area contributed by atoms with Crippen molar-refractivity contribution in [2.24, 2.45) is 5.92 Å². The number of hydrogen-bond donors (Lipinski definition) is 0. The van der Waals surface area contributed by atoms with Crippen molar-refractivity contribution in [1.82, 2.24) is 0 Å². The highest BCUT2D eigenvalue weighted by molar-refractivity contribution is 5.94. The molecule has 0 amide bonds. The van der Waals surface area contributed by atoms with Gasteiger partial charge in [0.2, 0.25) is 0 Å². The van der Waals surface area contributed by atoms with Gasteiger partial charge in [-0.3, -0.25) is 4.79 Å². The Morgan fingerprint density at radius 3 is 2.71 bits per heavy atom. The fourth-order valence-electron chi connectivity index (χ4n) is 2.98. The Kier molecular flexibility index (Phi) is 1.86. The van der Waals surface area contributed by atoms with E-state index in [1.807, 2.05) is 13.8 Å². The fraction of sp³-hybridized carbons (Fsp3) is 0.533. The van der Waals surface area contributed by atoms with E-state index in [0.717, 1.165) is 12.2 Å². The Morgan fingerprint density at radius 1 is 1.29 bits per heavy atom. The first kappa shape index (κ1) is 10.8. The summed E-state index contributed by atoms with van der Waals surface area (Å²) in [6.45, 7) is 7.99. The molecule has 2 nitrogen and oxygen atoms in total. The minimum absolute atomic E-state index is 0.00782. The number of benzene rings is 1. The lowest BCUT2D eigenvalue weighted by Gasteiger charge is -2.24. The van der Waals surface area contributed by atoms with Crippen LogP contribution in [-0.2, 0) is 10.2 Å². The zero-order valence-corrected chi connectivity index (χ0v) is 10.8. The van der Waals surface area contributed by atoms with Crippen LogP contribution >= 0.6 is 0 Å². The van der Waals surface area contributed by atoms with Gasteiger partial charge in [0.25, 0.3) is 0 Å². The Morgan fingerprint density at radius 2 is 2.00 bits per heavy atom. The van der Waals surface area contributed by atoms with E-state index in [1.165, 1.54) is 11.1 Å². The van der Waals surface area contributed by atoms with Gasteiger partial charge in [-0.15, -0.1) is 0 Å². The maximum atomic E-state index is 12.3. The van der Waals surface area contributed by atoms with E-state index in [9.17, 15) is 4.79 Å². The minimum Gasteiger partial charge on any atom is -0.480 e. The van der Waals surface area contributed by atoms with Gasteiger partial charge in [0, 0.05) is 16.9 Å². The molecule has 0 saturated heterocycles. The van der Waals surface area contributed by atoms with Crippen LogP contribution in [0.2, 0.25) is 0 Å². The molecule has 2 atom stereocenters. The number of hydrogen-bond acceptors (Lipinski definition) is 2. The molecule has 1 saturated carbocycles. The van der Waals surface area contributed by atoms with E-state index < -0.39 is 5.60 Å². The van der Waals surface area contributed by atoms with Crippen molar-refractivity contribution in [3.05, 3.63) is 29.3 Å². The Labute approximate surface area is 102 Å². The highest BCUT2D eigenvalue weighted by atomic mass is 16.5. The van der Waals surface area contributed by atoms with Gasteiger partial charge < -0.3 is 4.74 Å².